The fourth-order valence-corrected chi connectivity index (χ4v) is 2.62. The van der Waals surface area contributed by atoms with Crippen molar-refractivity contribution in [1.29, 1.82) is 0 Å². The number of phenolic OH excluding ortho intramolecular Hbond substituents is 2. The molecule has 4 N–H and O–H groups in total. The lowest BCUT2D eigenvalue weighted by Gasteiger charge is -2.05. The van der Waals surface area contributed by atoms with Gasteiger partial charge in [0.1, 0.15) is 11.5 Å². The molecule has 33 heavy (non-hydrogen) atoms. The molecule has 0 saturated heterocycles. The van der Waals surface area contributed by atoms with E-state index in [1.807, 2.05) is 0 Å². The minimum atomic E-state index is -0.808. The van der Waals surface area contributed by atoms with E-state index < -0.39 is 22.4 Å². The Balaban J connectivity index is 1.76. The Morgan fingerprint density at radius 1 is 0.788 bits per heavy atom. The number of carbonyl (C=O) groups excluding carboxylic acids is 2. The topological polar surface area (TPSA) is 167 Å². The van der Waals surface area contributed by atoms with Crippen LogP contribution in [-0.2, 0) is 0 Å². The molecule has 11 heteroatoms. The third-order valence-corrected chi connectivity index (χ3v) is 4.27. The molecule has 0 radical (unpaired) electrons. The second-order valence-corrected chi connectivity index (χ2v) is 6.54. The number of hydrogen-bond donors (Lipinski definition) is 4. The summed E-state index contributed by atoms with van der Waals surface area (Å²) in [4.78, 5) is 35.3. The molecule has 0 unspecified atom stereocenters. The molecule has 3 aromatic carbocycles. The summed E-state index contributed by atoms with van der Waals surface area (Å²) in [5, 5.41) is 38.1. The van der Waals surface area contributed by atoms with Gasteiger partial charge >= 0.3 is 0 Å². The van der Waals surface area contributed by atoms with E-state index in [0.29, 0.717) is 11.1 Å². The highest BCUT2D eigenvalue weighted by atomic mass is 16.6. The molecular formula is C22H17N5O6. The van der Waals surface area contributed by atoms with Crippen LogP contribution in [0.5, 0.6) is 11.5 Å². The maximum atomic E-state index is 12.4. The van der Waals surface area contributed by atoms with Crippen molar-refractivity contribution in [3.05, 3.63) is 99.1 Å². The molecule has 0 heterocycles. The number of hydrogen-bond acceptors (Lipinski definition) is 8. The van der Waals surface area contributed by atoms with Crippen LogP contribution in [0.25, 0.3) is 0 Å². The number of aromatic hydroxyl groups is 2. The van der Waals surface area contributed by atoms with Gasteiger partial charge in [-0.2, -0.15) is 10.2 Å². The summed E-state index contributed by atoms with van der Waals surface area (Å²) in [6.07, 6.45) is 2.40. The number of amides is 2. The standard InChI is InChI=1S/C22H17N5O6/c28-19-7-3-1-5-14(19)12-23-25-21(30)16-9-17(11-18(10-16)27(32)33)22(31)26-24-13-15-6-2-4-8-20(15)29/h1-13,28-29H,(H,25,30)(H,26,31). The zero-order chi connectivity index (χ0) is 23.8. The van der Waals surface area contributed by atoms with Gasteiger partial charge in [0.25, 0.3) is 17.5 Å². The van der Waals surface area contributed by atoms with Crippen LogP contribution in [0.15, 0.2) is 76.9 Å². The summed E-state index contributed by atoms with van der Waals surface area (Å²) < 4.78 is 0. The number of hydrazone groups is 2. The van der Waals surface area contributed by atoms with Gasteiger partial charge in [0.2, 0.25) is 0 Å². The minimum absolute atomic E-state index is 0.0471. The predicted octanol–water partition coefficient (Wildman–Crippen LogP) is 2.53. The Labute approximate surface area is 186 Å². The van der Waals surface area contributed by atoms with E-state index in [0.717, 1.165) is 18.2 Å². The molecule has 0 atom stereocenters. The lowest BCUT2D eigenvalue weighted by atomic mass is 10.1. The zero-order valence-corrected chi connectivity index (χ0v) is 16.9. The van der Waals surface area contributed by atoms with Gasteiger partial charge in [0.15, 0.2) is 0 Å². The van der Waals surface area contributed by atoms with E-state index >= 15 is 0 Å². The average molecular weight is 447 g/mol. The summed E-state index contributed by atoms with van der Waals surface area (Å²) in [7, 11) is 0. The van der Waals surface area contributed by atoms with Crippen LogP contribution >= 0.6 is 0 Å². The van der Waals surface area contributed by atoms with E-state index in [1.54, 1.807) is 36.4 Å². The third kappa shape index (κ3) is 5.98. The molecule has 0 saturated carbocycles. The van der Waals surface area contributed by atoms with Crippen molar-refractivity contribution in [2.45, 2.75) is 0 Å². The van der Waals surface area contributed by atoms with E-state index in [-0.39, 0.29) is 22.6 Å². The normalized spacial score (nSPS) is 10.9. The van der Waals surface area contributed by atoms with Crippen molar-refractivity contribution < 1.29 is 24.7 Å². The number of phenols is 2. The highest BCUT2D eigenvalue weighted by molar-refractivity contribution is 6.01. The Morgan fingerprint density at radius 3 is 1.61 bits per heavy atom. The molecule has 0 aliphatic carbocycles. The van der Waals surface area contributed by atoms with Gasteiger partial charge in [0, 0.05) is 34.4 Å². The van der Waals surface area contributed by atoms with Gasteiger partial charge in [0.05, 0.1) is 17.4 Å². The van der Waals surface area contributed by atoms with E-state index in [9.17, 15) is 29.9 Å². The molecule has 0 aliphatic rings. The first-order chi connectivity index (χ1) is 15.8. The van der Waals surface area contributed by atoms with Crippen molar-refractivity contribution >= 4 is 29.9 Å². The maximum absolute atomic E-state index is 12.4. The predicted molar refractivity (Wildman–Crippen MR) is 119 cm³/mol. The average Bonchev–Trinajstić information content (AvgIpc) is 2.81. The third-order valence-electron chi connectivity index (χ3n) is 4.27. The number of para-hydroxylation sites is 2. The van der Waals surface area contributed by atoms with Gasteiger partial charge in [-0.15, -0.1) is 0 Å². The number of nitro groups is 1. The number of non-ortho nitro benzene ring substituents is 1. The van der Waals surface area contributed by atoms with Crippen LogP contribution in [-0.4, -0.2) is 39.4 Å². The van der Waals surface area contributed by atoms with Gasteiger partial charge in [-0.05, 0) is 30.3 Å². The number of benzene rings is 3. The Hall–Kier alpha value is -5.06. The number of nitro benzene ring substituents is 1. The van der Waals surface area contributed by atoms with Crippen LogP contribution < -0.4 is 10.9 Å². The van der Waals surface area contributed by atoms with E-state index in [1.165, 1.54) is 24.6 Å². The maximum Gasteiger partial charge on any atom is 0.271 e. The van der Waals surface area contributed by atoms with Crippen LogP contribution in [0.4, 0.5) is 5.69 Å². The summed E-state index contributed by atoms with van der Waals surface area (Å²) in [6.45, 7) is 0. The summed E-state index contributed by atoms with van der Waals surface area (Å²) in [5.41, 5.74) is 4.21. The van der Waals surface area contributed by atoms with Crippen molar-refractivity contribution in [2.75, 3.05) is 0 Å². The zero-order valence-electron chi connectivity index (χ0n) is 16.9. The smallest absolute Gasteiger partial charge is 0.271 e. The first-order valence-corrected chi connectivity index (χ1v) is 9.37. The Morgan fingerprint density at radius 2 is 1.21 bits per heavy atom. The highest BCUT2D eigenvalue weighted by Gasteiger charge is 2.18. The summed E-state index contributed by atoms with van der Waals surface area (Å²) >= 11 is 0. The van der Waals surface area contributed by atoms with Gasteiger partial charge < -0.3 is 10.2 Å². The summed E-state index contributed by atoms with van der Waals surface area (Å²) in [6, 6.07) is 15.7. The second-order valence-electron chi connectivity index (χ2n) is 6.54. The molecule has 0 aromatic heterocycles. The molecule has 0 fully saturated rings. The Kier molecular flexibility index (Phi) is 7.06. The number of nitrogens with zero attached hydrogens (tertiary/aromatic N) is 3. The molecule has 166 valence electrons. The van der Waals surface area contributed by atoms with Crippen LogP contribution in [0.3, 0.4) is 0 Å². The number of nitrogens with one attached hydrogen (secondary N) is 2. The first kappa shape index (κ1) is 22.6. The van der Waals surface area contributed by atoms with Crippen LogP contribution in [0.1, 0.15) is 31.8 Å². The minimum Gasteiger partial charge on any atom is -0.507 e. The molecule has 3 aromatic rings. The van der Waals surface area contributed by atoms with E-state index in [2.05, 4.69) is 21.1 Å². The molecule has 0 bridgehead atoms. The monoisotopic (exact) mass is 447 g/mol. The van der Waals surface area contributed by atoms with Gasteiger partial charge in [-0.3, -0.25) is 19.7 Å². The van der Waals surface area contributed by atoms with Crippen molar-refractivity contribution in [2.24, 2.45) is 10.2 Å². The van der Waals surface area contributed by atoms with E-state index in [4.69, 9.17) is 0 Å². The lowest BCUT2D eigenvalue weighted by Crippen LogP contribution is -2.21. The highest BCUT2D eigenvalue weighted by Crippen LogP contribution is 2.18. The second kappa shape index (κ2) is 10.3. The first-order valence-electron chi connectivity index (χ1n) is 9.37. The van der Waals surface area contributed by atoms with Crippen molar-refractivity contribution in [3.63, 3.8) is 0 Å². The largest absolute Gasteiger partial charge is 0.507 e. The molecule has 0 spiro atoms. The molecule has 2 amide bonds. The molecule has 11 nitrogen and oxygen atoms in total. The lowest BCUT2D eigenvalue weighted by molar-refractivity contribution is -0.384. The van der Waals surface area contributed by atoms with Gasteiger partial charge in [-0.1, -0.05) is 24.3 Å². The Bertz CT molecular complexity index is 1180. The quantitative estimate of drug-likeness (QED) is 0.247. The van der Waals surface area contributed by atoms with Crippen LogP contribution in [0, 0.1) is 10.1 Å². The van der Waals surface area contributed by atoms with Crippen molar-refractivity contribution in [3.8, 4) is 11.5 Å². The SMILES string of the molecule is O=C(NN=Cc1ccccc1O)c1cc(C(=O)NN=Cc2ccccc2O)cc([N+](=O)[O-])c1. The molecule has 3 rings (SSSR count). The number of rotatable bonds is 7. The van der Waals surface area contributed by atoms with Crippen molar-refractivity contribution in [1.82, 2.24) is 10.9 Å². The van der Waals surface area contributed by atoms with Crippen LogP contribution in [0.2, 0.25) is 0 Å². The molecular weight excluding hydrogens is 430 g/mol. The fourth-order valence-electron chi connectivity index (χ4n) is 2.62. The summed E-state index contributed by atoms with van der Waals surface area (Å²) in [5.74, 6) is -1.71. The fraction of sp³-hybridized carbons (Fsp3) is 0. The number of carbonyl (C=O) groups is 2. The van der Waals surface area contributed by atoms with Gasteiger partial charge in [-0.25, -0.2) is 10.9 Å². The molecule has 0 aliphatic heterocycles.